The number of carbonyl (C=O) groups excluding carboxylic acids is 1. The van der Waals surface area contributed by atoms with Crippen molar-refractivity contribution in [1.29, 1.82) is 0 Å². The molecule has 0 fully saturated rings. The molecule has 0 unspecified atom stereocenters. The van der Waals surface area contributed by atoms with Crippen LogP contribution in [0.4, 0.5) is 0 Å². The van der Waals surface area contributed by atoms with Gasteiger partial charge in [-0.3, -0.25) is 9.20 Å². The monoisotopic (exact) mass is 366 g/mol. The number of carbonyl (C=O) groups is 1. The molecule has 4 rings (SSSR count). The van der Waals surface area contributed by atoms with Gasteiger partial charge in [0.25, 0.3) is 0 Å². The van der Waals surface area contributed by atoms with E-state index in [1.165, 1.54) is 17.3 Å². The van der Waals surface area contributed by atoms with Crippen LogP contribution < -0.4 is 5.32 Å². The molecular weight excluding hydrogens is 348 g/mol. The zero-order valence-corrected chi connectivity index (χ0v) is 15.1. The van der Waals surface area contributed by atoms with E-state index in [-0.39, 0.29) is 5.91 Å². The maximum absolute atomic E-state index is 12.1. The van der Waals surface area contributed by atoms with Crippen molar-refractivity contribution in [2.45, 2.75) is 18.4 Å². The Labute approximate surface area is 154 Å². The third-order valence-electron chi connectivity index (χ3n) is 4.17. The molecule has 0 saturated heterocycles. The molecule has 0 spiro atoms. The van der Waals surface area contributed by atoms with E-state index >= 15 is 0 Å². The second-order valence-electron chi connectivity index (χ2n) is 5.96. The lowest BCUT2D eigenvalue weighted by atomic mass is 10.1. The molecule has 0 aliphatic heterocycles. The first-order valence-electron chi connectivity index (χ1n) is 8.38. The van der Waals surface area contributed by atoms with E-state index in [4.69, 9.17) is 4.42 Å². The van der Waals surface area contributed by atoms with Gasteiger partial charge in [-0.2, -0.15) is 0 Å². The van der Waals surface area contributed by atoms with Gasteiger partial charge in [-0.1, -0.05) is 42.1 Å². The number of nitrogens with one attached hydrogen (secondary N) is 1. The van der Waals surface area contributed by atoms with E-state index in [2.05, 4.69) is 27.6 Å². The summed E-state index contributed by atoms with van der Waals surface area (Å²) >= 11 is 1.38. The maximum atomic E-state index is 12.1. The first-order chi connectivity index (χ1) is 12.7. The van der Waals surface area contributed by atoms with Crippen molar-refractivity contribution in [1.82, 2.24) is 19.9 Å². The van der Waals surface area contributed by atoms with Gasteiger partial charge >= 0.3 is 0 Å². The highest BCUT2D eigenvalue weighted by Crippen LogP contribution is 2.28. The predicted octanol–water partition coefficient (Wildman–Crippen LogP) is 3.23. The summed E-state index contributed by atoms with van der Waals surface area (Å²) in [6, 6.07) is 13.9. The van der Waals surface area contributed by atoms with E-state index in [0.29, 0.717) is 12.3 Å². The number of fused-ring (bicyclic) bond motifs is 3. The zero-order valence-electron chi connectivity index (χ0n) is 14.3. The number of aromatic nitrogens is 3. The number of hydrogen-bond donors (Lipinski definition) is 1. The molecule has 1 N–H and O–H groups in total. The molecule has 0 bridgehead atoms. The van der Waals surface area contributed by atoms with Crippen LogP contribution in [0.1, 0.15) is 11.4 Å². The molecule has 6 nitrogen and oxygen atoms in total. The minimum absolute atomic E-state index is 0.0123. The summed E-state index contributed by atoms with van der Waals surface area (Å²) in [6.45, 7) is 2.52. The topological polar surface area (TPSA) is 72.4 Å². The summed E-state index contributed by atoms with van der Waals surface area (Å²) in [6.07, 6.45) is 2.48. The molecule has 7 heteroatoms. The smallest absolute Gasteiger partial charge is 0.230 e. The number of hydrogen-bond acceptors (Lipinski definition) is 5. The van der Waals surface area contributed by atoms with Gasteiger partial charge in [0.05, 0.1) is 23.0 Å². The van der Waals surface area contributed by atoms with Crippen LogP contribution in [-0.4, -0.2) is 32.8 Å². The fourth-order valence-corrected chi connectivity index (χ4v) is 3.69. The summed E-state index contributed by atoms with van der Waals surface area (Å²) in [7, 11) is 0. The lowest BCUT2D eigenvalue weighted by Gasteiger charge is -2.07. The average Bonchev–Trinajstić information content (AvgIpc) is 3.23. The van der Waals surface area contributed by atoms with Gasteiger partial charge in [0.1, 0.15) is 10.9 Å². The maximum Gasteiger partial charge on any atom is 0.230 e. The van der Waals surface area contributed by atoms with Gasteiger partial charge in [0, 0.05) is 18.7 Å². The minimum Gasteiger partial charge on any atom is -0.463 e. The van der Waals surface area contributed by atoms with Gasteiger partial charge in [-0.15, -0.1) is 10.2 Å². The predicted molar refractivity (Wildman–Crippen MR) is 101 cm³/mol. The Hall–Kier alpha value is -2.80. The van der Waals surface area contributed by atoms with E-state index < -0.39 is 0 Å². The summed E-state index contributed by atoms with van der Waals surface area (Å²) in [5.41, 5.74) is 3.87. The molecule has 0 atom stereocenters. The van der Waals surface area contributed by atoms with E-state index in [1.54, 1.807) is 6.26 Å². The Balaban J connectivity index is 1.40. The molecule has 1 amide bonds. The van der Waals surface area contributed by atoms with Crippen molar-refractivity contribution >= 4 is 34.3 Å². The molecule has 26 heavy (non-hydrogen) atoms. The first-order valence-corrected chi connectivity index (χ1v) is 9.36. The van der Waals surface area contributed by atoms with Crippen LogP contribution in [0.15, 0.2) is 58.2 Å². The van der Waals surface area contributed by atoms with Crippen LogP contribution in [0, 0.1) is 6.92 Å². The summed E-state index contributed by atoms with van der Waals surface area (Å²) in [5.74, 6) is 1.07. The molecule has 4 aromatic rings. The van der Waals surface area contributed by atoms with Crippen molar-refractivity contribution < 1.29 is 9.21 Å². The highest BCUT2D eigenvalue weighted by atomic mass is 32.2. The Morgan fingerprint density at radius 2 is 2.04 bits per heavy atom. The quantitative estimate of drug-likeness (QED) is 0.531. The fourth-order valence-electron chi connectivity index (χ4n) is 2.92. The van der Waals surface area contributed by atoms with Gasteiger partial charge in [0.2, 0.25) is 5.91 Å². The lowest BCUT2D eigenvalue weighted by Crippen LogP contribution is -2.27. The second-order valence-corrected chi connectivity index (χ2v) is 6.93. The van der Waals surface area contributed by atoms with Crippen LogP contribution >= 0.6 is 11.8 Å². The first kappa shape index (κ1) is 16.7. The van der Waals surface area contributed by atoms with Crippen molar-refractivity contribution in [2.75, 3.05) is 12.3 Å². The average molecular weight is 366 g/mol. The molecule has 0 aliphatic rings. The van der Waals surface area contributed by atoms with Crippen LogP contribution in [0.2, 0.25) is 0 Å². The second kappa shape index (κ2) is 7.21. The zero-order chi connectivity index (χ0) is 17.9. The number of nitrogens with zero attached hydrogens (tertiary/aromatic N) is 3. The van der Waals surface area contributed by atoms with Crippen LogP contribution in [0.25, 0.3) is 16.6 Å². The number of thioether (sulfide) groups is 1. The molecule has 0 aliphatic carbocycles. The normalized spacial score (nSPS) is 11.3. The van der Waals surface area contributed by atoms with Crippen molar-refractivity contribution in [3.8, 4) is 0 Å². The highest BCUT2D eigenvalue weighted by molar-refractivity contribution is 8.00. The SMILES string of the molecule is Cc1nnc(SCC(=O)NCCc2ccccc2)c2cc3occc3n12. The van der Waals surface area contributed by atoms with Crippen molar-refractivity contribution in [3.05, 3.63) is 60.1 Å². The summed E-state index contributed by atoms with van der Waals surface area (Å²) in [5, 5.41) is 12.1. The highest BCUT2D eigenvalue weighted by Gasteiger charge is 2.14. The van der Waals surface area contributed by atoms with Crippen molar-refractivity contribution in [3.63, 3.8) is 0 Å². The number of rotatable bonds is 6. The molecule has 132 valence electrons. The number of benzene rings is 1. The molecule has 3 aromatic heterocycles. The summed E-state index contributed by atoms with van der Waals surface area (Å²) < 4.78 is 7.47. The third-order valence-corrected chi connectivity index (χ3v) is 5.14. The van der Waals surface area contributed by atoms with Crippen LogP contribution in [0.3, 0.4) is 0 Å². The largest absolute Gasteiger partial charge is 0.463 e. The number of furan rings is 1. The lowest BCUT2D eigenvalue weighted by molar-refractivity contribution is -0.118. The van der Waals surface area contributed by atoms with Crippen LogP contribution in [-0.2, 0) is 11.2 Å². The molecule has 0 radical (unpaired) electrons. The molecule has 0 saturated carbocycles. The van der Waals surface area contributed by atoms with E-state index in [9.17, 15) is 4.79 Å². The third kappa shape index (κ3) is 3.30. The molecule has 3 heterocycles. The summed E-state index contributed by atoms with van der Waals surface area (Å²) in [4.78, 5) is 12.1. The Kier molecular flexibility index (Phi) is 4.62. The molecular formula is C19H18N4O2S. The van der Waals surface area contributed by atoms with Gasteiger partial charge < -0.3 is 9.73 Å². The van der Waals surface area contributed by atoms with Gasteiger partial charge in [0.15, 0.2) is 5.58 Å². The van der Waals surface area contributed by atoms with Gasteiger partial charge in [-0.05, 0) is 18.9 Å². The van der Waals surface area contributed by atoms with Crippen LogP contribution in [0.5, 0.6) is 0 Å². The Morgan fingerprint density at radius 3 is 2.88 bits per heavy atom. The standard InChI is InChI=1S/C19H18N4O2S/c1-13-21-22-19(16-11-17-15(23(13)16)8-10-25-17)26-12-18(24)20-9-7-14-5-3-2-4-6-14/h2-6,8,10-11H,7,9,12H2,1H3,(H,20,24). The minimum atomic E-state index is -0.0123. The fraction of sp³-hybridized carbons (Fsp3) is 0.211. The van der Waals surface area contributed by atoms with E-state index in [0.717, 1.165) is 33.9 Å². The number of amides is 1. The van der Waals surface area contributed by atoms with Crippen molar-refractivity contribution in [2.24, 2.45) is 0 Å². The van der Waals surface area contributed by atoms with E-state index in [1.807, 2.05) is 41.7 Å². The Bertz CT molecular complexity index is 1060. The molecule has 1 aromatic carbocycles. The van der Waals surface area contributed by atoms with Gasteiger partial charge in [-0.25, -0.2) is 0 Å². The Morgan fingerprint density at radius 1 is 1.19 bits per heavy atom. The number of aryl methyl sites for hydroxylation is 1.